The van der Waals surface area contributed by atoms with E-state index in [9.17, 15) is 9.59 Å². The van der Waals surface area contributed by atoms with Crippen LogP contribution in [0.1, 0.15) is 11.3 Å². The molecular formula is C22H17Cl2N3O3. The number of imide groups is 1. The van der Waals surface area contributed by atoms with Crippen LogP contribution < -0.4 is 10.1 Å². The number of carbonyl (C=O) groups is 2. The molecule has 0 radical (unpaired) electrons. The lowest BCUT2D eigenvalue weighted by Crippen LogP contribution is -2.30. The normalized spacial score (nSPS) is 15.0. The van der Waals surface area contributed by atoms with Crippen LogP contribution >= 0.6 is 23.2 Å². The molecule has 1 fully saturated rings. The molecule has 152 valence electrons. The zero-order chi connectivity index (χ0) is 21.3. The van der Waals surface area contributed by atoms with Gasteiger partial charge in [-0.05, 0) is 60.2 Å². The number of nitrogens with zero attached hydrogens (tertiary/aromatic N) is 2. The van der Waals surface area contributed by atoms with E-state index >= 15 is 0 Å². The Balaban J connectivity index is 1.59. The van der Waals surface area contributed by atoms with Crippen LogP contribution in [0.25, 0.3) is 11.8 Å². The van der Waals surface area contributed by atoms with E-state index in [4.69, 9.17) is 27.9 Å². The number of hydrogen-bond acceptors (Lipinski definition) is 3. The van der Waals surface area contributed by atoms with E-state index in [1.54, 1.807) is 31.4 Å². The Morgan fingerprint density at radius 1 is 1.07 bits per heavy atom. The topological polar surface area (TPSA) is 63.6 Å². The predicted molar refractivity (Wildman–Crippen MR) is 116 cm³/mol. The average Bonchev–Trinajstić information content (AvgIpc) is 3.30. The minimum absolute atomic E-state index is 0.0531. The maximum atomic E-state index is 12.8. The molecule has 0 aliphatic carbocycles. The Kier molecular flexibility index (Phi) is 5.53. The number of hydrogen-bond donors (Lipinski definition) is 1. The SMILES string of the molecule is COc1ccc(-n2cccc2/C=C2\NC(=O)N(Cc3ccc(Cl)cc3Cl)C2=O)cc1. The molecule has 0 bridgehead atoms. The highest BCUT2D eigenvalue weighted by atomic mass is 35.5. The molecule has 0 unspecified atom stereocenters. The van der Waals surface area contributed by atoms with Gasteiger partial charge in [0.15, 0.2) is 0 Å². The first-order valence-corrected chi connectivity index (χ1v) is 9.82. The quantitative estimate of drug-likeness (QED) is 0.452. The van der Waals surface area contributed by atoms with Crippen molar-refractivity contribution in [2.45, 2.75) is 6.54 Å². The van der Waals surface area contributed by atoms with Crippen LogP contribution in [0, 0.1) is 0 Å². The monoisotopic (exact) mass is 441 g/mol. The third-order valence-electron chi connectivity index (χ3n) is 4.73. The first-order chi connectivity index (χ1) is 14.5. The molecule has 1 saturated heterocycles. The number of nitrogens with one attached hydrogen (secondary N) is 1. The number of methoxy groups -OCH3 is 1. The standard InChI is InChI=1S/C22H17Cl2N3O3/c1-30-18-8-6-16(7-9-18)26-10-2-3-17(26)12-20-21(28)27(22(29)25-20)13-14-4-5-15(23)11-19(14)24/h2-12H,13H2,1H3,(H,25,29)/b20-12-. The second kappa shape index (κ2) is 8.26. The first-order valence-electron chi connectivity index (χ1n) is 9.06. The van der Waals surface area contributed by atoms with Crippen LogP contribution in [0.2, 0.25) is 10.0 Å². The van der Waals surface area contributed by atoms with Crippen molar-refractivity contribution >= 4 is 41.2 Å². The summed E-state index contributed by atoms with van der Waals surface area (Å²) >= 11 is 12.1. The van der Waals surface area contributed by atoms with Gasteiger partial charge in [-0.3, -0.25) is 9.69 Å². The van der Waals surface area contributed by atoms with Gasteiger partial charge in [0, 0.05) is 27.6 Å². The maximum Gasteiger partial charge on any atom is 0.329 e. The molecule has 0 saturated carbocycles. The molecule has 6 nitrogen and oxygen atoms in total. The lowest BCUT2D eigenvalue weighted by Gasteiger charge is -2.13. The number of amides is 3. The number of urea groups is 1. The van der Waals surface area contributed by atoms with Crippen molar-refractivity contribution in [3.05, 3.63) is 87.8 Å². The number of rotatable bonds is 5. The number of ether oxygens (including phenoxy) is 1. The molecule has 0 atom stereocenters. The van der Waals surface area contributed by atoms with Crippen molar-refractivity contribution in [3.8, 4) is 11.4 Å². The van der Waals surface area contributed by atoms with Gasteiger partial charge in [0.1, 0.15) is 11.4 Å². The van der Waals surface area contributed by atoms with Crippen LogP contribution in [-0.4, -0.2) is 28.5 Å². The number of aromatic nitrogens is 1. The number of carbonyl (C=O) groups excluding carboxylic acids is 2. The Labute approximate surface area is 183 Å². The summed E-state index contributed by atoms with van der Waals surface area (Å²) in [6, 6.07) is 15.7. The van der Waals surface area contributed by atoms with Crippen molar-refractivity contribution in [1.29, 1.82) is 0 Å². The Bertz CT molecular complexity index is 1150. The smallest absolute Gasteiger partial charge is 0.329 e. The molecule has 3 aromatic rings. The molecule has 4 rings (SSSR count). The van der Waals surface area contributed by atoms with E-state index in [0.29, 0.717) is 15.6 Å². The summed E-state index contributed by atoms with van der Waals surface area (Å²) in [6.45, 7) is 0.0531. The van der Waals surface area contributed by atoms with Crippen LogP contribution in [0.15, 0.2) is 66.5 Å². The summed E-state index contributed by atoms with van der Waals surface area (Å²) in [7, 11) is 1.61. The fourth-order valence-corrected chi connectivity index (χ4v) is 3.64. The Morgan fingerprint density at radius 3 is 2.53 bits per heavy atom. The van der Waals surface area contributed by atoms with Gasteiger partial charge in [-0.25, -0.2) is 4.79 Å². The second-order valence-corrected chi connectivity index (χ2v) is 7.46. The van der Waals surface area contributed by atoms with Gasteiger partial charge < -0.3 is 14.6 Å². The van der Waals surface area contributed by atoms with Crippen LogP contribution in [0.3, 0.4) is 0 Å². The van der Waals surface area contributed by atoms with E-state index in [-0.39, 0.29) is 12.2 Å². The number of halogens is 2. The molecule has 1 aromatic heterocycles. The number of benzene rings is 2. The molecule has 2 heterocycles. The zero-order valence-corrected chi connectivity index (χ0v) is 17.4. The Hall–Kier alpha value is -3.22. The highest BCUT2D eigenvalue weighted by molar-refractivity contribution is 6.35. The van der Waals surface area contributed by atoms with E-state index in [2.05, 4.69) is 5.32 Å². The molecule has 3 amide bonds. The fraction of sp³-hybridized carbons (Fsp3) is 0.0909. The maximum absolute atomic E-state index is 12.8. The highest BCUT2D eigenvalue weighted by Crippen LogP contribution is 2.25. The van der Waals surface area contributed by atoms with Gasteiger partial charge in [-0.2, -0.15) is 0 Å². The zero-order valence-electron chi connectivity index (χ0n) is 15.9. The van der Waals surface area contributed by atoms with Gasteiger partial charge in [0.25, 0.3) is 5.91 Å². The second-order valence-electron chi connectivity index (χ2n) is 6.62. The lowest BCUT2D eigenvalue weighted by molar-refractivity contribution is -0.123. The molecule has 1 aliphatic heterocycles. The van der Waals surface area contributed by atoms with Crippen LogP contribution in [-0.2, 0) is 11.3 Å². The van der Waals surface area contributed by atoms with Gasteiger partial charge >= 0.3 is 6.03 Å². The third-order valence-corrected chi connectivity index (χ3v) is 5.32. The van der Waals surface area contributed by atoms with Crippen LogP contribution in [0.5, 0.6) is 5.75 Å². The van der Waals surface area contributed by atoms with Gasteiger partial charge in [-0.15, -0.1) is 0 Å². The highest BCUT2D eigenvalue weighted by Gasteiger charge is 2.34. The fourth-order valence-electron chi connectivity index (χ4n) is 3.17. The summed E-state index contributed by atoms with van der Waals surface area (Å²) in [5, 5.41) is 3.52. The molecular weight excluding hydrogens is 425 g/mol. The molecule has 2 aromatic carbocycles. The Morgan fingerprint density at radius 2 is 1.83 bits per heavy atom. The molecule has 0 spiro atoms. The summed E-state index contributed by atoms with van der Waals surface area (Å²) in [4.78, 5) is 26.3. The lowest BCUT2D eigenvalue weighted by atomic mass is 10.2. The van der Waals surface area contributed by atoms with Crippen molar-refractivity contribution in [2.24, 2.45) is 0 Å². The van der Waals surface area contributed by atoms with Crippen molar-refractivity contribution in [3.63, 3.8) is 0 Å². The third kappa shape index (κ3) is 3.92. The van der Waals surface area contributed by atoms with Gasteiger partial charge in [0.05, 0.1) is 13.7 Å². The van der Waals surface area contributed by atoms with E-state index in [1.807, 2.05) is 47.2 Å². The van der Waals surface area contributed by atoms with Crippen molar-refractivity contribution < 1.29 is 14.3 Å². The largest absolute Gasteiger partial charge is 0.497 e. The summed E-state index contributed by atoms with van der Waals surface area (Å²) in [5.74, 6) is 0.328. The van der Waals surface area contributed by atoms with Gasteiger partial charge in [-0.1, -0.05) is 29.3 Å². The van der Waals surface area contributed by atoms with E-state index in [1.165, 1.54) is 0 Å². The minimum atomic E-state index is -0.500. The van der Waals surface area contributed by atoms with E-state index in [0.717, 1.165) is 22.0 Å². The van der Waals surface area contributed by atoms with E-state index < -0.39 is 11.9 Å². The summed E-state index contributed by atoms with van der Waals surface area (Å²) < 4.78 is 7.10. The summed E-state index contributed by atoms with van der Waals surface area (Å²) in [5.41, 5.74) is 2.47. The average molecular weight is 442 g/mol. The summed E-state index contributed by atoms with van der Waals surface area (Å²) in [6.07, 6.45) is 3.52. The predicted octanol–water partition coefficient (Wildman–Crippen LogP) is 4.89. The minimum Gasteiger partial charge on any atom is -0.497 e. The molecule has 1 N–H and O–H groups in total. The van der Waals surface area contributed by atoms with Gasteiger partial charge in [0.2, 0.25) is 0 Å². The first kappa shape index (κ1) is 20.1. The van der Waals surface area contributed by atoms with Crippen molar-refractivity contribution in [1.82, 2.24) is 14.8 Å². The molecule has 1 aliphatic rings. The molecule has 30 heavy (non-hydrogen) atoms. The van der Waals surface area contributed by atoms with Crippen molar-refractivity contribution in [2.75, 3.05) is 7.11 Å². The van der Waals surface area contributed by atoms with Crippen LogP contribution in [0.4, 0.5) is 4.79 Å². The molecule has 8 heteroatoms.